The lowest BCUT2D eigenvalue weighted by molar-refractivity contribution is -0.119. The molecular formula is C22H24N2O3. The Labute approximate surface area is 159 Å². The van der Waals surface area contributed by atoms with Crippen molar-refractivity contribution < 1.29 is 14.3 Å². The molecule has 1 fully saturated rings. The van der Waals surface area contributed by atoms with Crippen molar-refractivity contribution in [3.63, 3.8) is 0 Å². The summed E-state index contributed by atoms with van der Waals surface area (Å²) in [5.41, 5.74) is 2.67. The second-order valence-electron chi connectivity index (χ2n) is 7.25. The van der Waals surface area contributed by atoms with E-state index in [1.54, 1.807) is 12.1 Å². The lowest BCUT2D eigenvalue weighted by Crippen LogP contribution is -2.35. The number of benzene rings is 2. The van der Waals surface area contributed by atoms with Gasteiger partial charge in [-0.2, -0.15) is 0 Å². The summed E-state index contributed by atoms with van der Waals surface area (Å²) >= 11 is 0. The maximum atomic E-state index is 12.5. The lowest BCUT2D eigenvalue weighted by Gasteiger charge is -2.27. The fourth-order valence-corrected chi connectivity index (χ4v) is 3.73. The van der Waals surface area contributed by atoms with E-state index in [-0.39, 0.29) is 17.7 Å². The molecule has 27 heavy (non-hydrogen) atoms. The van der Waals surface area contributed by atoms with Gasteiger partial charge in [0.1, 0.15) is 5.75 Å². The first-order valence-electron chi connectivity index (χ1n) is 9.60. The predicted octanol–water partition coefficient (Wildman–Crippen LogP) is 3.18. The number of fused-ring (bicyclic) bond motifs is 1. The van der Waals surface area contributed by atoms with Crippen LogP contribution in [0.25, 0.3) is 0 Å². The van der Waals surface area contributed by atoms with E-state index in [0.29, 0.717) is 25.1 Å². The summed E-state index contributed by atoms with van der Waals surface area (Å²) in [5, 5.41) is 3.01. The van der Waals surface area contributed by atoms with Gasteiger partial charge in [0.15, 0.2) is 0 Å². The fraction of sp³-hybridized carbons (Fsp3) is 0.364. The van der Waals surface area contributed by atoms with E-state index in [1.165, 1.54) is 5.56 Å². The van der Waals surface area contributed by atoms with Crippen LogP contribution in [0.5, 0.6) is 5.75 Å². The van der Waals surface area contributed by atoms with Gasteiger partial charge in [-0.1, -0.05) is 18.2 Å². The Morgan fingerprint density at radius 3 is 2.74 bits per heavy atom. The van der Waals surface area contributed by atoms with Crippen molar-refractivity contribution in [2.24, 2.45) is 5.92 Å². The highest BCUT2D eigenvalue weighted by Crippen LogP contribution is 2.26. The van der Waals surface area contributed by atoms with E-state index in [1.807, 2.05) is 35.2 Å². The van der Waals surface area contributed by atoms with E-state index < -0.39 is 0 Å². The number of piperidine rings is 1. The number of anilines is 1. The largest absolute Gasteiger partial charge is 0.493 e. The van der Waals surface area contributed by atoms with Crippen LogP contribution in [0, 0.1) is 5.92 Å². The van der Waals surface area contributed by atoms with Crippen molar-refractivity contribution in [1.82, 2.24) is 5.32 Å². The summed E-state index contributed by atoms with van der Waals surface area (Å²) in [6.07, 6.45) is 3.51. The molecule has 1 N–H and O–H groups in total. The van der Waals surface area contributed by atoms with Crippen molar-refractivity contribution in [3.05, 3.63) is 59.7 Å². The monoisotopic (exact) mass is 364 g/mol. The molecule has 2 aliphatic heterocycles. The Balaban J connectivity index is 1.33. The van der Waals surface area contributed by atoms with E-state index in [4.69, 9.17) is 4.74 Å². The Morgan fingerprint density at radius 1 is 1.11 bits per heavy atom. The highest BCUT2D eigenvalue weighted by molar-refractivity contribution is 5.96. The number of nitrogens with one attached hydrogen (secondary N) is 1. The van der Waals surface area contributed by atoms with Gasteiger partial charge >= 0.3 is 0 Å². The third-order valence-corrected chi connectivity index (χ3v) is 5.27. The van der Waals surface area contributed by atoms with Crippen LogP contribution >= 0.6 is 0 Å². The minimum atomic E-state index is -0.0922. The molecule has 1 atom stereocenters. The van der Waals surface area contributed by atoms with E-state index in [2.05, 4.69) is 11.4 Å². The van der Waals surface area contributed by atoms with Crippen LogP contribution < -0.4 is 15.0 Å². The number of para-hydroxylation sites is 1. The van der Waals surface area contributed by atoms with E-state index in [0.717, 1.165) is 37.2 Å². The number of nitrogens with zero attached hydrogens (tertiary/aromatic N) is 1. The third kappa shape index (κ3) is 3.97. The lowest BCUT2D eigenvalue weighted by atomic mass is 9.96. The molecule has 2 aromatic rings. The Morgan fingerprint density at radius 2 is 1.93 bits per heavy atom. The molecule has 0 bridgehead atoms. The van der Waals surface area contributed by atoms with Crippen LogP contribution in [0.2, 0.25) is 0 Å². The topological polar surface area (TPSA) is 58.6 Å². The van der Waals surface area contributed by atoms with Gasteiger partial charge < -0.3 is 15.0 Å². The summed E-state index contributed by atoms with van der Waals surface area (Å²) < 4.78 is 5.78. The zero-order chi connectivity index (χ0) is 18.6. The van der Waals surface area contributed by atoms with E-state index >= 15 is 0 Å². The Bertz CT molecular complexity index is 832. The number of hydrogen-bond acceptors (Lipinski definition) is 3. The van der Waals surface area contributed by atoms with Gasteiger partial charge in [0.25, 0.3) is 5.91 Å². The van der Waals surface area contributed by atoms with Crippen LogP contribution in [0.4, 0.5) is 5.69 Å². The van der Waals surface area contributed by atoms with Crippen LogP contribution in [-0.2, 0) is 11.2 Å². The quantitative estimate of drug-likeness (QED) is 0.906. The molecule has 2 aromatic carbocycles. The maximum absolute atomic E-state index is 12.5. The number of amides is 2. The van der Waals surface area contributed by atoms with Crippen molar-refractivity contribution in [2.45, 2.75) is 25.7 Å². The summed E-state index contributed by atoms with van der Waals surface area (Å²) in [4.78, 5) is 26.3. The summed E-state index contributed by atoms with van der Waals surface area (Å²) in [5.74, 6) is 1.29. The zero-order valence-electron chi connectivity index (χ0n) is 15.3. The molecule has 140 valence electrons. The summed E-state index contributed by atoms with van der Waals surface area (Å²) in [7, 11) is 0. The normalized spacial score (nSPS) is 19.2. The Kier molecular flexibility index (Phi) is 5.10. The maximum Gasteiger partial charge on any atom is 0.251 e. The van der Waals surface area contributed by atoms with Crippen LogP contribution in [0.3, 0.4) is 0 Å². The SMILES string of the molecule is O=C(NCC1COc2ccccc2C1)c1ccc(N2CCCCC2=O)cc1. The molecule has 1 unspecified atom stereocenters. The Hall–Kier alpha value is -2.82. The first kappa shape index (κ1) is 17.6. The molecule has 2 aliphatic rings. The second-order valence-corrected chi connectivity index (χ2v) is 7.25. The number of carbonyl (C=O) groups excluding carboxylic acids is 2. The van der Waals surface area contributed by atoms with Crippen molar-refractivity contribution >= 4 is 17.5 Å². The van der Waals surface area contributed by atoms with Gasteiger partial charge in [-0.25, -0.2) is 0 Å². The smallest absolute Gasteiger partial charge is 0.251 e. The zero-order valence-corrected chi connectivity index (χ0v) is 15.3. The highest BCUT2D eigenvalue weighted by atomic mass is 16.5. The van der Waals surface area contributed by atoms with Crippen LogP contribution in [0.1, 0.15) is 35.2 Å². The van der Waals surface area contributed by atoms with Crippen molar-refractivity contribution in [1.29, 1.82) is 0 Å². The first-order valence-corrected chi connectivity index (χ1v) is 9.60. The van der Waals surface area contributed by atoms with E-state index in [9.17, 15) is 9.59 Å². The van der Waals surface area contributed by atoms with Crippen LogP contribution in [0.15, 0.2) is 48.5 Å². The number of hydrogen-bond donors (Lipinski definition) is 1. The van der Waals surface area contributed by atoms with Gasteiger partial charge in [0, 0.05) is 36.7 Å². The molecule has 5 heteroatoms. The molecular weight excluding hydrogens is 340 g/mol. The summed E-state index contributed by atoms with van der Waals surface area (Å²) in [6, 6.07) is 15.3. The van der Waals surface area contributed by atoms with Crippen LogP contribution in [-0.4, -0.2) is 31.5 Å². The molecule has 5 nitrogen and oxygen atoms in total. The van der Waals surface area contributed by atoms with Gasteiger partial charge in [-0.15, -0.1) is 0 Å². The number of ether oxygens (including phenoxy) is 1. The van der Waals surface area contributed by atoms with Crippen molar-refractivity contribution in [3.8, 4) is 5.75 Å². The minimum Gasteiger partial charge on any atom is -0.493 e. The standard InChI is InChI=1S/C22H24N2O3/c25-21-7-3-4-12-24(21)19-10-8-17(9-11-19)22(26)23-14-16-13-18-5-1-2-6-20(18)27-15-16/h1-2,5-6,8-11,16H,3-4,7,12-15H2,(H,23,26). The van der Waals surface area contributed by atoms with Gasteiger partial charge in [-0.05, 0) is 55.2 Å². The molecule has 0 saturated carbocycles. The molecule has 2 heterocycles. The summed E-state index contributed by atoms with van der Waals surface area (Å²) in [6.45, 7) is 1.96. The molecule has 2 amide bonds. The van der Waals surface area contributed by atoms with Gasteiger partial charge in [-0.3, -0.25) is 9.59 Å². The molecule has 4 rings (SSSR count). The molecule has 0 aliphatic carbocycles. The second kappa shape index (κ2) is 7.82. The fourth-order valence-electron chi connectivity index (χ4n) is 3.73. The average Bonchev–Trinajstić information content (AvgIpc) is 2.72. The minimum absolute atomic E-state index is 0.0922. The average molecular weight is 364 g/mol. The predicted molar refractivity (Wildman–Crippen MR) is 104 cm³/mol. The van der Waals surface area contributed by atoms with Gasteiger partial charge in [0.05, 0.1) is 6.61 Å². The number of carbonyl (C=O) groups is 2. The molecule has 0 aromatic heterocycles. The molecule has 0 spiro atoms. The first-order chi connectivity index (χ1) is 13.2. The highest BCUT2D eigenvalue weighted by Gasteiger charge is 2.21. The molecule has 0 radical (unpaired) electrons. The third-order valence-electron chi connectivity index (χ3n) is 5.27. The number of rotatable bonds is 4. The van der Waals surface area contributed by atoms with Gasteiger partial charge in [0.2, 0.25) is 5.91 Å². The molecule has 1 saturated heterocycles. The van der Waals surface area contributed by atoms with Crippen molar-refractivity contribution in [2.75, 3.05) is 24.6 Å².